The van der Waals surface area contributed by atoms with E-state index in [0.717, 1.165) is 26.1 Å². The number of alkyl halides is 3. The fourth-order valence-corrected chi connectivity index (χ4v) is 2.53. The number of rotatable bonds is 3. The predicted octanol–water partition coefficient (Wildman–Crippen LogP) is 2.48. The summed E-state index contributed by atoms with van der Waals surface area (Å²) in [5.41, 5.74) is -1.13. The van der Waals surface area contributed by atoms with Gasteiger partial charge in [-0.2, -0.15) is 13.2 Å². The van der Waals surface area contributed by atoms with Crippen LogP contribution in [0.4, 0.5) is 19.0 Å². The lowest BCUT2D eigenvalue weighted by Gasteiger charge is -2.33. The van der Waals surface area contributed by atoms with E-state index in [2.05, 4.69) is 9.88 Å². The van der Waals surface area contributed by atoms with Crippen LogP contribution in [0.2, 0.25) is 0 Å². The standard InChI is InChI=1S/C15H20F3N3O2/c1-10(23-11(2)22)14-12(15(16,17)18)4-5-13(19-14)21-8-6-20(3)7-9-21/h4-5,10H,6-9H2,1-3H3. The second-order valence-electron chi connectivity index (χ2n) is 5.64. The number of halogens is 3. The summed E-state index contributed by atoms with van der Waals surface area (Å²) in [7, 11) is 1.99. The quantitative estimate of drug-likeness (QED) is 0.796. The van der Waals surface area contributed by atoms with E-state index < -0.39 is 23.8 Å². The lowest BCUT2D eigenvalue weighted by atomic mass is 10.1. The first-order chi connectivity index (χ1) is 10.7. The van der Waals surface area contributed by atoms with Gasteiger partial charge in [0.2, 0.25) is 0 Å². The summed E-state index contributed by atoms with van der Waals surface area (Å²) < 4.78 is 44.4. The molecule has 1 aliphatic rings. The molecule has 1 fully saturated rings. The van der Waals surface area contributed by atoms with Crippen LogP contribution in [0.5, 0.6) is 0 Å². The Bertz CT molecular complexity index is 570. The van der Waals surface area contributed by atoms with Crippen molar-refractivity contribution in [1.82, 2.24) is 9.88 Å². The van der Waals surface area contributed by atoms with Gasteiger partial charge in [0.1, 0.15) is 11.9 Å². The highest BCUT2D eigenvalue weighted by Crippen LogP contribution is 2.36. The molecule has 0 saturated carbocycles. The average Bonchev–Trinajstić information content (AvgIpc) is 2.45. The van der Waals surface area contributed by atoms with Crippen LogP contribution in [0.25, 0.3) is 0 Å². The third-order valence-electron chi connectivity index (χ3n) is 3.77. The molecular weight excluding hydrogens is 311 g/mol. The Morgan fingerprint density at radius 1 is 1.26 bits per heavy atom. The zero-order valence-electron chi connectivity index (χ0n) is 13.4. The fraction of sp³-hybridized carbons (Fsp3) is 0.600. The first kappa shape index (κ1) is 17.5. The molecule has 2 heterocycles. The van der Waals surface area contributed by atoms with Gasteiger partial charge >= 0.3 is 12.1 Å². The Hall–Kier alpha value is -1.83. The number of likely N-dealkylation sites (N-methyl/N-ethyl adjacent to an activating group) is 1. The van der Waals surface area contributed by atoms with Gasteiger partial charge in [-0.05, 0) is 26.1 Å². The maximum Gasteiger partial charge on any atom is 0.418 e. The number of anilines is 1. The smallest absolute Gasteiger partial charge is 0.418 e. The van der Waals surface area contributed by atoms with Crippen LogP contribution in [0, 0.1) is 0 Å². The Labute approximate surface area is 133 Å². The number of hydrogen-bond donors (Lipinski definition) is 0. The number of piperazine rings is 1. The van der Waals surface area contributed by atoms with Gasteiger partial charge in [-0.25, -0.2) is 4.98 Å². The van der Waals surface area contributed by atoms with E-state index in [1.807, 2.05) is 11.9 Å². The van der Waals surface area contributed by atoms with Crippen LogP contribution < -0.4 is 4.90 Å². The third-order valence-corrected chi connectivity index (χ3v) is 3.77. The molecule has 1 unspecified atom stereocenters. The average molecular weight is 331 g/mol. The minimum atomic E-state index is -4.54. The Morgan fingerprint density at radius 3 is 2.39 bits per heavy atom. The summed E-state index contributed by atoms with van der Waals surface area (Å²) >= 11 is 0. The molecule has 0 spiro atoms. The van der Waals surface area contributed by atoms with Gasteiger partial charge in [0.05, 0.1) is 11.3 Å². The molecule has 8 heteroatoms. The summed E-state index contributed by atoms with van der Waals surface area (Å²) in [5, 5.41) is 0. The fourth-order valence-electron chi connectivity index (χ4n) is 2.53. The maximum atomic E-state index is 13.2. The van der Waals surface area contributed by atoms with Gasteiger partial charge in [0, 0.05) is 33.1 Å². The molecule has 0 aromatic carbocycles. The summed E-state index contributed by atoms with van der Waals surface area (Å²) in [6, 6.07) is 2.38. The molecule has 1 aromatic rings. The van der Waals surface area contributed by atoms with Gasteiger partial charge < -0.3 is 14.5 Å². The van der Waals surface area contributed by atoms with E-state index in [9.17, 15) is 18.0 Å². The number of hydrogen-bond acceptors (Lipinski definition) is 5. The van der Waals surface area contributed by atoms with Gasteiger partial charge in [-0.1, -0.05) is 0 Å². The second kappa shape index (κ2) is 6.74. The predicted molar refractivity (Wildman–Crippen MR) is 79.1 cm³/mol. The minimum Gasteiger partial charge on any atom is -0.456 e. The summed E-state index contributed by atoms with van der Waals surface area (Å²) in [4.78, 5) is 19.3. The molecule has 0 amide bonds. The van der Waals surface area contributed by atoms with Crippen molar-refractivity contribution in [3.05, 3.63) is 23.4 Å². The van der Waals surface area contributed by atoms with Crippen LogP contribution in [-0.2, 0) is 15.7 Å². The number of ether oxygens (including phenoxy) is 1. The van der Waals surface area contributed by atoms with E-state index in [-0.39, 0.29) is 5.69 Å². The molecule has 0 bridgehead atoms. The summed E-state index contributed by atoms with van der Waals surface area (Å²) in [5.74, 6) is -0.169. The van der Waals surface area contributed by atoms with Gasteiger partial charge in [-0.15, -0.1) is 0 Å². The summed E-state index contributed by atoms with van der Waals surface area (Å²) in [6.45, 7) is 5.57. The molecule has 2 rings (SSSR count). The molecule has 0 aliphatic carbocycles. The van der Waals surface area contributed by atoms with E-state index >= 15 is 0 Å². The van der Waals surface area contributed by atoms with Gasteiger partial charge in [0.25, 0.3) is 0 Å². The maximum absolute atomic E-state index is 13.2. The van der Waals surface area contributed by atoms with Crippen molar-refractivity contribution < 1.29 is 22.7 Å². The lowest BCUT2D eigenvalue weighted by Crippen LogP contribution is -2.45. The summed E-state index contributed by atoms with van der Waals surface area (Å²) in [6.07, 6.45) is -5.60. The molecule has 1 atom stereocenters. The van der Waals surface area contributed by atoms with Crippen molar-refractivity contribution in [2.24, 2.45) is 0 Å². The first-order valence-corrected chi connectivity index (χ1v) is 7.37. The van der Waals surface area contributed by atoms with Crippen molar-refractivity contribution in [3.63, 3.8) is 0 Å². The molecule has 1 saturated heterocycles. The van der Waals surface area contributed by atoms with Crippen LogP contribution in [0.15, 0.2) is 12.1 Å². The minimum absolute atomic E-state index is 0.260. The van der Waals surface area contributed by atoms with E-state index in [1.54, 1.807) is 0 Å². The Morgan fingerprint density at radius 2 is 1.87 bits per heavy atom. The van der Waals surface area contributed by atoms with E-state index in [1.165, 1.54) is 13.0 Å². The molecule has 128 valence electrons. The molecule has 5 nitrogen and oxygen atoms in total. The molecular formula is C15H20F3N3O2. The van der Waals surface area contributed by atoms with Crippen molar-refractivity contribution in [3.8, 4) is 0 Å². The topological polar surface area (TPSA) is 45.7 Å². The number of carbonyl (C=O) groups excluding carboxylic acids is 1. The van der Waals surface area contributed by atoms with Crippen LogP contribution >= 0.6 is 0 Å². The highest BCUT2D eigenvalue weighted by Gasteiger charge is 2.36. The SMILES string of the molecule is CC(=O)OC(C)c1nc(N2CCN(C)CC2)ccc1C(F)(F)F. The van der Waals surface area contributed by atoms with E-state index in [0.29, 0.717) is 18.9 Å². The van der Waals surface area contributed by atoms with Crippen molar-refractivity contribution in [2.45, 2.75) is 26.1 Å². The highest BCUT2D eigenvalue weighted by molar-refractivity contribution is 5.66. The van der Waals surface area contributed by atoms with Crippen LogP contribution in [0.3, 0.4) is 0 Å². The second-order valence-corrected chi connectivity index (χ2v) is 5.64. The van der Waals surface area contributed by atoms with E-state index in [4.69, 9.17) is 4.74 Å². The van der Waals surface area contributed by atoms with Crippen molar-refractivity contribution in [1.29, 1.82) is 0 Å². The number of pyridine rings is 1. The third kappa shape index (κ3) is 4.34. The molecule has 1 aromatic heterocycles. The number of nitrogens with zero attached hydrogens (tertiary/aromatic N) is 3. The van der Waals surface area contributed by atoms with Gasteiger partial charge in [0.15, 0.2) is 0 Å². The number of esters is 1. The highest BCUT2D eigenvalue weighted by atomic mass is 19.4. The largest absolute Gasteiger partial charge is 0.456 e. The molecule has 23 heavy (non-hydrogen) atoms. The van der Waals surface area contributed by atoms with Crippen LogP contribution in [0.1, 0.15) is 31.2 Å². The monoisotopic (exact) mass is 331 g/mol. The molecule has 1 aliphatic heterocycles. The zero-order chi connectivity index (χ0) is 17.2. The lowest BCUT2D eigenvalue weighted by molar-refractivity contribution is -0.149. The first-order valence-electron chi connectivity index (χ1n) is 7.37. The van der Waals surface area contributed by atoms with Crippen molar-refractivity contribution >= 4 is 11.8 Å². The number of carbonyl (C=O) groups is 1. The zero-order valence-corrected chi connectivity index (χ0v) is 13.4. The Kier molecular flexibility index (Phi) is 5.13. The van der Waals surface area contributed by atoms with Gasteiger partial charge in [-0.3, -0.25) is 4.79 Å². The Balaban J connectivity index is 2.34. The normalized spacial score (nSPS) is 17.9. The molecule has 0 N–H and O–H groups in total. The van der Waals surface area contributed by atoms with Crippen LogP contribution in [-0.4, -0.2) is 49.1 Å². The van der Waals surface area contributed by atoms with Crippen molar-refractivity contribution in [2.75, 3.05) is 38.1 Å². The molecule has 0 radical (unpaired) electrons. The number of aromatic nitrogens is 1.